The van der Waals surface area contributed by atoms with E-state index in [1.54, 1.807) is 31.6 Å². The number of hydrogen-bond acceptors (Lipinski definition) is 4. The maximum atomic E-state index is 13.4. The maximum Gasteiger partial charge on any atom is 0.242 e. The number of amides is 1. The summed E-state index contributed by atoms with van der Waals surface area (Å²) in [4.78, 5) is 18.4. The second-order valence-corrected chi connectivity index (χ2v) is 6.57. The van der Waals surface area contributed by atoms with Gasteiger partial charge in [-0.3, -0.25) is 14.7 Å². The zero-order valence-corrected chi connectivity index (χ0v) is 15.7. The van der Waals surface area contributed by atoms with Gasteiger partial charge in [0, 0.05) is 25.0 Å². The number of pyridine rings is 1. The van der Waals surface area contributed by atoms with E-state index in [-0.39, 0.29) is 18.1 Å². The average molecular weight is 387 g/mol. The van der Waals surface area contributed by atoms with Crippen LogP contribution < -0.4 is 4.90 Å². The van der Waals surface area contributed by atoms with Crippen LogP contribution in [-0.4, -0.2) is 23.1 Å². The summed E-state index contributed by atoms with van der Waals surface area (Å²) < 4.78 is 19.0. The minimum atomic E-state index is -0.335. The lowest BCUT2D eigenvalue weighted by Gasteiger charge is -2.16. The molecular weight excluding hydrogens is 369 g/mol. The number of rotatable bonds is 5. The zero-order chi connectivity index (χ0) is 20.2. The first-order chi connectivity index (χ1) is 14.1. The number of nitrogens with zero attached hydrogens (tertiary/aromatic N) is 3. The van der Waals surface area contributed by atoms with E-state index in [9.17, 15) is 9.18 Å². The fourth-order valence-electron chi connectivity index (χ4n) is 3.10. The molecule has 1 amide bonds. The van der Waals surface area contributed by atoms with Gasteiger partial charge in [0.15, 0.2) is 0 Å². The summed E-state index contributed by atoms with van der Waals surface area (Å²) in [5.41, 5.74) is 3.59. The Morgan fingerprint density at radius 3 is 2.34 bits per heavy atom. The van der Waals surface area contributed by atoms with Crippen LogP contribution in [0, 0.1) is 5.82 Å². The molecule has 0 radical (unpaired) electrons. The Bertz CT molecular complexity index is 1110. The molecule has 0 spiro atoms. The maximum absolute atomic E-state index is 13.4. The van der Waals surface area contributed by atoms with Crippen LogP contribution in [-0.2, 0) is 11.2 Å². The summed E-state index contributed by atoms with van der Waals surface area (Å²) in [5, 5.41) is 4.19. The van der Waals surface area contributed by atoms with Crippen LogP contribution >= 0.6 is 0 Å². The Balaban J connectivity index is 1.75. The van der Waals surface area contributed by atoms with Crippen molar-refractivity contribution < 1.29 is 13.7 Å². The third-order valence-electron chi connectivity index (χ3n) is 4.64. The lowest BCUT2D eigenvalue weighted by Crippen LogP contribution is -2.27. The number of hydrogen-bond donors (Lipinski definition) is 0. The number of benzene rings is 2. The van der Waals surface area contributed by atoms with Gasteiger partial charge in [0.2, 0.25) is 11.8 Å². The van der Waals surface area contributed by atoms with Crippen LogP contribution in [0.2, 0.25) is 0 Å². The summed E-state index contributed by atoms with van der Waals surface area (Å²) in [6.45, 7) is 0. The van der Waals surface area contributed by atoms with E-state index in [1.807, 2.05) is 42.5 Å². The normalized spacial score (nSPS) is 10.7. The van der Waals surface area contributed by atoms with Gasteiger partial charge in [-0.05, 0) is 47.5 Å². The number of aromatic nitrogens is 2. The molecule has 2 aromatic carbocycles. The minimum absolute atomic E-state index is 0.131. The van der Waals surface area contributed by atoms with Crippen molar-refractivity contribution in [2.75, 3.05) is 11.9 Å². The average Bonchev–Trinajstić information content (AvgIpc) is 3.20. The fraction of sp³-hybridized carbons (Fsp3) is 0.0870. The van der Waals surface area contributed by atoms with Crippen molar-refractivity contribution in [2.24, 2.45) is 0 Å². The first-order valence-corrected chi connectivity index (χ1v) is 9.10. The van der Waals surface area contributed by atoms with Crippen molar-refractivity contribution in [3.05, 3.63) is 90.5 Å². The molecule has 0 saturated carbocycles. The topological polar surface area (TPSA) is 59.2 Å². The Kier molecular flexibility index (Phi) is 5.16. The summed E-state index contributed by atoms with van der Waals surface area (Å²) in [5.74, 6) is -0.136. The zero-order valence-electron chi connectivity index (χ0n) is 15.7. The Morgan fingerprint density at radius 2 is 1.66 bits per heavy atom. The van der Waals surface area contributed by atoms with Crippen LogP contribution in [0.1, 0.15) is 5.56 Å². The molecule has 5 nitrogen and oxygen atoms in total. The Hall–Kier alpha value is -3.80. The molecule has 29 heavy (non-hydrogen) atoms. The van der Waals surface area contributed by atoms with Gasteiger partial charge in [-0.15, -0.1) is 0 Å². The van der Waals surface area contributed by atoms with Crippen LogP contribution in [0.15, 0.2) is 83.6 Å². The molecule has 4 aromatic rings. The number of carbonyl (C=O) groups is 1. The van der Waals surface area contributed by atoms with Crippen LogP contribution in [0.5, 0.6) is 0 Å². The van der Waals surface area contributed by atoms with Gasteiger partial charge in [-0.1, -0.05) is 35.5 Å². The van der Waals surface area contributed by atoms with Crippen molar-refractivity contribution in [3.63, 3.8) is 0 Å². The molecular formula is C23H18FN3O2. The molecule has 0 N–H and O–H groups in total. The molecule has 0 aliphatic heterocycles. The lowest BCUT2D eigenvalue weighted by molar-refractivity contribution is -0.117. The fourth-order valence-corrected chi connectivity index (χ4v) is 3.10. The van der Waals surface area contributed by atoms with Gasteiger partial charge in [-0.2, -0.15) is 0 Å². The molecule has 4 rings (SSSR count). The highest BCUT2D eigenvalue weighted by atomic mass is 19.1. The summed E-state index contributed by atoms with van der Waals surface area (Å²) in [6.07, 6.45) is 3.55. The van der Waals surface area contributed by atoms with E-state index >= 15 is 0 Å². The molecule has 0 fully saturated rings. The first-order valence-electron chi connectivity index (χ1n) is 9.10. The Morgan fingerprint density at radius 1 is 0.966 bits per heavy atom. The molecule has 144 valence electrons. The minimum Gasteiger partial charge on any atom is -0.337 e. The van der Waals surface area contributed by atoms with Crippen molar-refractivity contribution in [2.45, 2.75) is 6.42 Å². The summed E-state index contributed by atoms with van der Waals surface area (Å²) in [7, 11) is 1.66. The SMILES string of the molecule is CN(C(=O)Cc1ccccc1)c1onc(-c2ccc(F)cc2)c1-c1ccncc1. The Labute approximate surface area is 167 Å². The molecule has 0 bridgehead atoms. The van der Waals surface area contributed by atoms with Gasteiger partial charge in [0.25, 0.3) is 0 Å². The molecule has 0 aliphatic rings. The number of carbonyl (C=O) groups excluding carboxylic acids is 1. The largest absolute Gasteiger partial charge is 0.337 e. The second-order valence-electron chi connectivity index (χ2n) is 6.57. The van der Waals surface area contributed by atoms with E-state index in [0.29, 0.717) is 22.7 Å². The lowest BCUT2D eigenvalue weighted by atomic mass is 10.0. The number of halogens is 1. The van der Waals surface area contributed by atoms with E-state index in [1.165, 1.54) is 17.0 Å². The highest BCUT2D eigenvalue weighted by molar-refractivity contribution is 5.99. The van der Waals surface area contributed by atoms with E-state index in [4.69, 9.17) is 4.52 Å². The highest BCUT2D eigenvalue weighted by Crippen LogP contribution is 2.39. The van der Waals surface area contributed by atoms with Gasteiger partial charge in [0.1, 0.15) is 11.5 Å². The first kappa shape index (κ1) is 18.6. The van der Waals surface area contributed by atoms with Gasteiger partial charge < -0.3 is 4.52 Å². The highest BCUT2D eigenvalue weighted by Gasteiger charge is 2.25. The van der Waals surface area contributed by atoms with Crippen LogP contribution in [0.4, 0.5) is 10.3 Å². The molecule has 2 heterocycles. The quantitative estimate of drug-likeness (QED) is 0.496. The smallest absolute Gasteiger partial charge is 0.242 e. The van der Waals surface area contributed by atoms with Gasteiger partial charge in [-0.25, -0.2) is 4.39 Å². The second kappa shape index (κ2) is 8.06. The molecule has 0 aliphatic carbocycles. The van der Waals surface area contributed by atoms with Crippen molar-refractivity contribution in [3.8, 4) is 22.4 Å². The summed E-state index contributed by atoms with van der Waals surface area (Å²) in [6, 6.07) is 19.1. The molecule has 0 atom stereocenters. The van der Waals surface area contributed by atoms with Crippen LogP contribution in [0.25, 0.3) is 22.4 Å². The molecule has 2 aromatic heterocycles. The molecule has 0 unspecified atom stereocenters. The standard InChI is InChI=1S/C23H18FN3O2/c1-27(20(28)15-16-5-3-2-4-6-16)23-21(17-11-13-25-14-12-17)22(26-29-23)18-7-9-19(24)10-8-18/h2-14H,15H2,1H3. The van der Waals surface area contributed by atoms with Gasteiger partial charge >= 0.3 is 0 Å². The predicted molar refractivity (Wildman–Crippen MR) is 109 cm³/mol. The van der Waals surface area contributed by atoms with Crippen molar-refractivity contribution in [1.82, 2.24) is 10.1 Å². The molecule has 0 saturated heterocycles. The van der Waals surface area contributed by atoms with Gasteiger partial charge in [0.05, 0.1) is 12.0 Å². The van der Waals surface area contributed by atoms with E-state index in [0.717, 1.165) is 11.1 Å². The monoisotopic (exact) mass is 387 g/mol. The predicted octanol–water partition coefficient (Wildman–Crippen LogP) is 4.75. The van der Waals surface area contributed by atoms with Crippen LogP contribution in [0.3, 0.4) is 0 Å². The molecule has 6 heteroatoms. The third kappa shape index (κ3) is 3.91. The van der Waals surface area contributed by atoms with Crippen molar-refractivity contribution in [1.29, 1.82) is 0 Å². The number of likely N-dealkylation sites (N-methyl/N-ethyl adjacent to an activating group) is 1. The third-order valence-corrected chi connectivity index (χ3v) is 4.64. The van der Waals surface area contributed by atoms with Crippen molar-refractivity contribution >= 4 is 11.8 Å². The summed E-state index contributed by atoms with van der Waals surface area (Å²) >= 11 is 0. The van der Waals surface area contributed by atoms with E-state index in [2.05, 4.69) is 10.1 Å². The number of anilines is 1. The van der Waals surface area contributed by atoms with E-state index < -0.39 is 0 Å².